The van der Waals surface area contributed by atoms with Crippen LogP contribution in [-0.2, 0) is 0 Å². The van der Waals surface area contributed by atoms with Crippen LogP contribution >= 0.6 is 0 Å². The number of rotatable bonds is 3. The molecule has 0 atom stereocenters. The molecule has 4 heteroatoms. The van der Waals surface area contributed by atoms with E-state index >= 15 is 0 Å². The number of allylic oxidation sites excluding steroid dienone is 2. The lowest BCUT2D eigenvalue weighted by Gasteiger charge is -2.33. The van der Waals surface area contributed by atoms with Crippen LogP contribution in [0.2, 0.25) is 0 Å². The average Bonchev–Trinajstić information content (AvgIpc) is 2.87. The highest BCUT2D eigenvalue weighted by atomic mass is 15.3. The van der Waals surface area contributed by atoms with Crippen LogP contribution in [0, 0.1) is 24.2 Å². The number of pyridine rings is 1. The summed E-state index contributed by atoms with van der Waals surface area (Å²) in [5.41, 5.74) is 3.23. The van der Waals surface area contributed by atoms with E-state index in [4.69, 9.17) is 5.26 Å². The Hall–Kier alpha value is -2.41. The zero-order valence-corrected chi connectivity index (χ0v) is 11.4. The number of nitriles is 1. The molecule has 0 bridgehead atoms. The molecule has 0 N–H and O–H groups in total. The Labute approximate surface area is 118 Å². The number of aryl methyl sites for hydroxylation is 1. The molecule has 0 radical (unpaired) electrons. The van der Waals surface area contributed by atoms with Gasteiger partial charge >= 0.3 is 0 Å². The van der Waals surface area contributed by atoms with Crippen molar-refractivity contribution in [3.63, 3.8) is 0 Å². The van der Waals surface area contributed by atoms with E-state index in [1.54, 1.807) is 6.08 Å². The van der Waals surface area contributed by atoms with E-state index in [1.165, 1.54) is 0 Å². The van der Waals surface area contributed by atoms with E-state index in [9.17, 15) is 0 Å². The molecule has 1 aliphatic rings. The summed E-state index contributed by atoms with van der Waals surface area (Å²) in [6.07, 6.45) is 11.4. The van der Waals surface area contributed by atoms with Gasteiger partial charge < -0.3 is 0 Å². The predicted octanol–water partition coefficient (Wildman–Crippen LogP) is 3.28. The molecule has 1 aliphatic carbocycles. The summed E-state index contributed by atoms with van der Waals surface area (Å²) in [5, 5.41) is 13.0. The van der Waals surface area contributed by atoms with Crippen LogP contribution in [0.1, 0.15) is 24.4 Å². The normalized spacial score (nSPS) is 21.6. The maximum atomic E-state index is 8.51. The van der Waals surface area contributed by atoms with Crippen molar-refractivity contribution in [3.8, 4) is 17.3 Å². The molecule has 0 saturated heterocycles. The van der Waals surface area contributed by atoms with Gasteiger partial charge in [0, 0.05) is 24.0 Å². The Morgan fingerprint density at radius 3 is 3.05 bits per heavy atom. The van der Waals surface area contributed by atoms with Crippen molar-refractivity contribution in [3.05, 3.63) is 48.4 Å². The van der Waals surface area contributed by atoms with Gasteiger partial charge in [-0.25, -0.2) is 0 Å². The monoisotopic (exact) mass is 264 g/mol. The molecule has 2 aromatic rings. The van der Waals surface area contributed by atoms with Crippen molar-refractivity contribution in [2.24, 2.45) is 5.92 Å². The highest BCUT2D eigenvalue weighted by molar-refractivity contribution is 5.60. The lowest BCUT2D eigenvalue weighted by atomic mass is 9.80. The Morgan fingerprint density at radius 1 is 1.45 bits per heavy atom. The molecule has 0 unspecified atom stereocenters. The van der Waals surface area contributed by atoms with Crippen LogP contribution in [-0.4, -0.2) is 14.8 Å². The van der Waals surface area contributed by atoms with Crippen molar-refractivity contribution in [1.82, 2.24) is 14.8 Å². The van der Waals surface area contributed by atoms with Gasteiger partial charge in [-0.15, -0.1) is 0 Å². The molecule has 4 nitrogen and oxygen atoms in total. The Kier molecular flexibility index (Phi) is 3.34. The lowest BCUT2D eigenvalue weighted by Crippen LogP contribution is -2.25. The van der Waals surface area contributed by atoms with E-state index in [1.807, 2.05) is 35.3 Å². The third-order valence-corrected chi connectivity index (χ3v) is 3.85. The van der Waals surface area contributed by atoms with E-state index in [-0.39, 0.29) is 0 Å². The SMILES string of the molecule is Cc1cccnc1-c1cnn([C@H]2C[C@H](C=CC#N)C2)c1. The number of nitrogens with zero attached hydrogens (tertiary/aromatic N) is 4. The van der Waals surface area contributed by atoms with Gasteiger partial charge in [-0.3, -0.25) is 9.67 Å². The minimum atomic E-state index is 0.445. The molecule has 0 aromatic carbocycles. The fourth-order valence-electron chi connectivity index (χ4n) is 2.63. The summed E-state index contributed by atoms with van der Waals surface area (Å²) in [4.78, 5) is 4.42. The molecular formula is C16H16N4. The van der Waals surface area contributed by atoms with Crippen molar-refractivity contribution >= 4 is 0 Å². The quantitative estimate of drug-likeness (QED) is 0.799. The van der Waals surface area contributed by atoms with Crippen LogP contribution in [0.5, 0.6) is 0 Å². The van der Waals surface area contributed by atoms with E-state index < -0.39 is 0 Å². The first-order valence-corrected chi connectivity index (χ1v) is 6.80. The molecule has 1 fully saturated rings. The lowest BCUT2D eigenvalue weighted by molar-refractivity contribution is 0.224. The van der Waals surface area contributed by atoms with Crippen LogP contribution in [0.4, 0.5) is 0 Å². The highest BCUT2D eigenvalue weighted by Gasteiger charge is 2.29. The largest absolute Gasteiger partial charge is 0.269 e. The minimum Gasteiger partial charge on any atom is -0.269 e. The second-order valence-electron chi connectivity index (χ2n) is 5.25. The Bertz CT molecular complexity index is 672. The van der Waals surface area contributed by atoms with Gasteiger partial charge in [0.2, 0.25) is 0 Å². The fourth-order valence-corrected chi connectivity index (χ4v) is 2.63. The molecule has 100 valence electrons. The molecule has 3 rings (SSSR count). The number of hydrogen-bond acceptors (Lipinski definition) is 3. The molecule has 2 aromatic heterocycles. The predicted molar refractivity (Wildman–Crippen MR) is 76.7 cm³/mol. The van der Waals surface area contributed by atoms with Crippen molar-refractivity contribution in [2.45, 2.75) is 25.8 Å². The molecular weight excluding hydrogens is 248 g/mol. The summed E-state index contributed by atoms with van der Waals surface area (Å²) >= 11 is 0. The van der Waals surface area contributed by atoms with E-state index in [0.717, 1.165) is 29.7 Å². The third-order valence-electron chi connectivity index (χ3n) is 3.85. The maximum absolute atomic E-state index is 8.51. The molecule has 0 amide bonds. The van der Waals surface area contributed by atoms with Gasteiger partial charge in [-0.2, -0.15) is 10.4 Å². The maximum Gasteiger partial charge on any atom is 0.0908 e. The zero-order valence-electron chi connectivity index (χ0n) is 11.4. The standard InChI is InChI=1S/C16H16N4/c1-12-4-3-7-18-16(12)14-10-19-20(11-14)15-8-13(9-15)5-2-6-17/h2-5,7,10-11,13,15H,8-9H2,1H3/t13-,15-. The second kappa shape index (κ2) is 5.30. The van der Waals surface area contributed by atoms with Crippen LogP contribution in [0.3, 0.4) is 0 Å². The minimum absolute atomic E-state index is 0.445. The summed E-state index contributed by atoms with van der Waals surface area (Å²) in [5.74, 6) is 0.517. The van der Waals surface area contributed by atoms with Crippen LogP contribution in [0.25, 0.3) is 11.3 Å². The first kappa shape index (κ1) is 12.6. The first-order chi connectivity index (χ1) is 9.78. The molecule has 1 saturated carbocycles. The molecule has 2 heterocycles. The number of hydrogen-bond donors (Lipinski definition) is 0. The zero-order chi connectivity index (χ0) is 13.9. The van der Waals surface area contributed by atoms with Gasteiger partial charge in [0.25, 0.3) is 0 Å². The fraction of sp³-hybridized carbons (Fsp3) is 0.312. The van der Waals surface area contributed by atoms with Gasteiger partial charge in [-0.05, 0) is 37.3 Å². The Morgan fingerprint density at radius 2 is 2.30 bits per heavy atom. The number of aromatic nitrogens is 3. The van der Waals surface area contributed by atoms with Gasteiger partial charge in [0.1, 0.15) is 0 Å². The molecule has 20 heavy (non-hydrogen) atoms. The van der Waals surface area contributed by atoms with Crippen LogP contribution in [0.15, 0.2) is 42.9 Å². The third kappa shape index (κ3) is 2.35. The van der Waals surface area contributed by atoms with Crippen molar-refractivity contribution < 1.29 is 0 Å². The van der Waals surface area contributed by atoms with Gasteiger partial charge in [-0.1, -0.05) is 12.1 Å². The molecule has 0 aliphatic heterocycles. The highest BCUT2D eigenvalue weighted by Crippen LogP contribution is 2.38. The van der Waals surface area contributed by atoms with Crippen molar-refractivity contribution in [1.29, 1.82) is 5.26 Å². The van der Waals surface area contributed by atoms with Crippen molar-refractivity contribution in [2.75, 3.05) is 0 Å². The smallest absolute Gasteiger partial charge is 0.0908 e. The van der Waals surface area contributed by atoms with E-state index in [2.05, 4.69) is 29.3 Å². The van der Waals surface area contributed by atoms with Gasteiger partial charge in [0.05, 0.1) is 24.0 Å². The summed E-state index contributed by atoms with van der Waals surface area (Å²) in [7, 11) is 0. The molecule has 0 spiro atoms. The van der Waals surface area contributed by atoms with E-state index in [0.29, 0.717) is 12.0 Å². The summed E-state index contributed by atoms with van der Waals surface area (Å²) < 4.78 is 2.03. The second-order valence-corrected chi connectivity index (χ2v) is 5.25. The summed E-state index contributed by atoms with van der Waals surface area (Å²) in [6.45, 7) is 2.06. The van der Waals surface area contributed by atoms with Gasteiger partial charge in [0.15, 0.2) is 0 Å². The Balaban J connectivity index is 1.72. The summed E-state index contributed by atoms with van der Waals surface area (Å²) in [6, 6.07) is 6.49. The topological polar surface area (TPSA) is 54.5 Å². The van der Waals surface area contributed by atoms with Crippen LogP contribution < -0.4 is 0 Å². The average molecular weight is 264 g/mol. The first-order valence-electron chi connectivity index (χ1n) is 6.80.